The highest BCUT2D eigenvalue weighted by Gasteiger charge is 2.29. The maximum absolute atomic E-state index is 12.2. The van der Waals surface area contributed by atoms with Crippen LogP contribution in [0.25, 0.3) is 0 Å². The fraction of sp³-hybridized carbons (Fsp3) is 0.429. The molecule has 0 atom stereocenters. The van der Waals surface area contributed by atoms with Crippen molar-refractivity contribution in [1.82, 2.24) is 4.90 Å². The van der Waals surface area contributed by atoms with Crippen LogP contribution in [-0.4, -0.2) is 45.8 Å². The Morgan fingerprint density at radius 1 is 1.33 bits per heavy atom. The molecule has 2 amide bonds. The lowest BCUT2D eigenvalue weighted by Gasteiger charge is -2.35. The van der Waals surface area contributed by atoms with E-state index >= 15 is 0 Å². The highest BCUT2D eigenvalue weighted by atomic mass is 127. The molecule has 1 aliphatic heterocycles. The number of hydrogen-bond acceptors (Lipinski definition) is 3. The number of piperidine rings is 1. The molecular weight excluding hydrogens is 387 g/mol. The molecule has 1 aromatic carbocycles. The van der Waals surface area contributed by atoms with E-state index < -0.39 is 11.6 Å². The van der Waals surface area contributed by atoms with Gasteiger partial charge in [0.25, 0.3) is 0 Å². The Kier molecular flexibility index (Phi) is 4.72. The number of carbonyl (C=O) groups excluding carboxylic acids is 1. The van der Waals surface area contributed by atoms with Crippen LogP contribution in [0.3, 0.4) is 0 Å². The van der Waals surface area contributed by atoms with Gasteiger partial charge >= 0.3 is 12.0 Å². The van der Waals surface area contributed by atoms with Crippen molar-refractivity contribution >= 4 is 40.3 Å². The minimum atomic E-state index is -1.08. The average molecular weight is 404 g/mol. The Morgan fingerprint density at radius 3 is 2.52 bits per heavy atom. The third kappa shape index (κ3) is 4.07. The fourth-order valence-corrected chi connectivity index (χ4v) is 2.68. The number of urea groups is 1. The summed E-state index contributed by atoms with van der Waals surface area (Å²) in [6, 6.07) is 4.50. The lowest BCUT2D eigenvalue weighted by molar-refractivity contribution is 0.00570. The molecule has 3 N–H and O–H groups in total. The lowest BCUT2D eigenvalue weighted by atomic mass is 9.94. The molecule has 0 aromatic heterocycles. The van der Waals surface area contributed by atoms with E-state index in [-0.39, 0.29) is 17.3 Å². The van der Waals surface area contributed by atoms with Gasteiger partial charge in [0.05, 0.1) is 16.9 Å². The van der Waals surface area contributed by atoms with Crippen molar-refractivity contribution in [3.63, 3.8) is 0 Å². The third-order valence-electron chi connectivity index (χ3n) is 3.58. The van der Waals surface area contributed by atoms with Crippen LogP contribution in [0, 0.1) is 3.57 Å². The Hall–Kier alpha value is -1.35. The van der Waals surface area contributed by atoms with E-state index in [9.17, 15) is 19.8 Å². The van der Waals surface area contributed by atoms with Crippen molar-refractivity contribution in [2.45, 2.75) is 25.4 Å². The van der Waals surface area contributed by atoms with Crippen molar-refractivity contribution in [3.05, 3.63) is 27.3 Å². The van der Waals surface area contributed by atoms with Gasteiger partial charge in [-0.2, -0.15) is 0 Å². The van der Waals surface area contributed by atoms with E-state index in [0.29, 0.717) is 25.9 Å². The molecule has 0 aliphatic carbocycles. The van der Waals surface area contributed by atoms with Gasteiger partial charge in [0.1, 0.15) is 0 Å². The predicted molar refractivity (Wildman–Crippen MR) is 86.6 cm³/mol. The molecule has 1 saturated heterocycles. The molecule has 21 heavy (non-hydrogen) atoms. The number of carboxylic acids is 1. The Morgan fingerprint density at radius 2 is 1.95 bits per heavy atom. The SMILES string of the molecule is CC1(O)CCN(C(=O)Nc2ccc(I)cc2C(=O)O)CC1. The largest absolute Gasteiger partial charge is 0.478 e. The molecule has 1 fully saturated rings. The van der Waals surface area contributed by atoms with Crippen LogP contribution in [-0.2, 0) is 0 Å². The minimum absolute atomic E-state index is 0.0688. The van der Waals surface area contributed by atoms with Gasteiger partial charge in [-0.25, -0.2) is 9.59 Å². The summed E-state index contributed by atoms with van der Waals surface area (Å²) in [5, 5.41) is 21.7. The number of carbonyl (C=O) groups is 2. The number of hydrogen-bond donors (Lipinski definition) is 3. The Bertz CT molecular complexity index is 564. The summed E-state index contributed by atoms with van der Waals surface area (Å²) in [6.07, 6.45) is 1.03. The number of halogens is 1. The highest BCUT2D eigenvalue weighted by Crippen LogP contribution is 2.23. The number of rotatable bonds is 2. The van der Waals surface area contributed by atoms with E-state index in [4.69, 9.17) is 0 Å². The molecule has 0 bridgehead atoms. The van der Waals surface area contributed by atoms with Gasteiger partial charge in [-0.15, -0.1) is 0 Å². The Labute approximate surface area is 136 Å². The van der Waals surface area contributed by atoms with Gasteiger partial charge in [0.2, 0.25) is 0 Å². The first-order valence-electron chi connectivity index (χ1n) is 6.60. The molecule has 0 spiro atoms. The molecular formula is C14H17IN2O4. The summed E-state index contributed by atoms with van der Waals surface area (Å²) in [4.78, 5) is 25.0. The summed E-state index contributed by atoms with van der Waals surface area (Å²) in [6.45, 7) is 2.65. The van der Waals surface area contributed by atoms with Crippen LogP contribution in [0.4, 0.5) is 10.5 Å². The zero-order valence-corrected chi connectivity index (χ0v) is 13.8. The topological polar surface area (TPSA) is 89.9 Å². The van der Waals surface area contributed by atoms with Crippen LogP contribution in [0.15, 0.2) is 18.2 Å². The second-order valence-electron chi connectivity index (χ2n) is 5.41. The number of anilines is 1. The average Bonchev–Trinajstić information content (AvgIpc) is 2.40. The highest BCUT2D eigenvalue weighted by molar-refractivity contribution is 14.1. The van der Waals surface area contributed by atoms with Crippen LogP contribution in [0.5, 0.6) is 0 Å². The predicted octanol–water partition coefficient (Wildman–Crippen LogP) is 2.37. The van der Waals surface area contributed by atoms with E-state index in [2.05, 4.69) is 5.32 Å². The van der Waals surface area contributed by atoms with Crippen LogP contribution < -0.4 is 5.32 Å². The monoisotopic (exact) mass is 404 g/mol. The third-order valence-corrected chi connectivity index (χ3v) is 4.25. The van der Waals surface area contributed by atoms with Crippen molar-refractivity contribution < 1.29 is 19.8 Å². The number of nitrogens with one attached hydrogen (secondary N) is 1. The molecule has 2 rings (SSSR count). The molecule has 0 unspecified atom stereocenters. The van der Waals surface area contributed by atoms with E-state index in [1.165, 1.54) is 6.07 Å². The molecule has 0 radical (unpaired) electrons. The summed E-state index contributed by atoms with van der Waals surface area (Å²) in [5.74, 6) is -1.08. The quantitative estimate of drug-likeness (QED) is 0.661. The van der Waals surface area contributed by atoms with Gasteiger partial charge in [0, 0.05) is 16.7 Å². The van der Waals surface area contributed by atoms with Crippen molar-refractivity contribution in [2.24, 2.45) is 0 Å². The van der Waals surface area contributed by atoms with E-state index in [1.807, 2.05) is 22.6 Å². The molecule has 1 aliphatic rings. The van der Waals surface area contributed by atoms with Gasteiger partial charge in [-0.05, 0) is 60.6 Å². The van der Waals surface area contributed by atoms with Crippen molar-refractivity contribution in [3.8, 4) is 0 Å². The molecule has 7 heteroatoms. The van der Waals surface area contributed by atoms with Gasteiger partial charge in [-0.3, -0.25) is 0 Å². The molecule has 1 aromatic rings. The number of aliphatic hydroxyl groups is 1. The standard InChI is InChI=1S/C14H17IN2O4/c1-14(21)4-6-17(7-5-14)13(20)16-11-3-2-9(15)8-10(11)12(18)19/h2-3,8,21H,4-7H2,1H3,(H,16,20)(H,18,19). The zero-order chi connectivity index (χ0) is 15.6. The first kappa shape index (κ1) is 16.0. The first-order chi connectivity index (χ1) is 9.78. The second-order valence-corrected chi connectivity index (χ2v) is 6.65. The summed E-state index contributed by atoms with van der Waals surface area (Å²) in [5.41, 5.74) is -0.379. The van der Waals surface area contributed by atoms with Gasteiger partial charge in [-0.1, -0.05) is 0 Å². The normalized spacial score (nSPS) is 17.4. The number of likely N-dealkylation sites (tertiary alicyclic amines) is 1. The van der Waals surface area contributed by atoms with Gasteiger partial charge < -0.3 is 20.4 Å². The van der Waals surface area contributed by atoms with Crippen molar-refractivity contribution in [1.29, 1.82) is 0 Å². The molecule has 6 nitrogen and oxygen atoms in total. The van der Waals surface area contributed by atoms with Crippen molar-refractivity contribution in [2.75, 3.05) is 18.4 Å². The van der Waals surface area contributed by atoms with E-state index in [0.717, 1.165) is 3.57 Å². The zero-order valence-electron chi connectivity index (χ0n) is 11.6. The van der Waals surface area contributed by atoms with Crippen LogP contribution >= 0.6 is 22.6 Å². The summed E-state index contributed by atoms with van der Waals surface area (Å²) in [7, 11) is 0. The van der Waals surface area contributed by atoms with Gasteiger partial charge in [0.15, 0.2) is 0 Å². The maximum Gasteiger partial charge on any atom is 0.337 e. The summed E-state index contributed by atoms with van der Waals surface area (Å²) < 4.78 is 0.789. The Balaban J connectivity index is 2.08. The molecule has 1 heterocycles. The maximum atomic E-state index is 12.2. The number of amides is 2. The smallest absolute Gasteiger partial charge is 0.337 e. The molecule has 114 valence electrons. The number of nitrogens with zero attached hydrogens (tertiary/aromatic N) is 1. The lowest BCUT2D eigenvalue weighted by Crippen LogP contribution is -2.46. The second kappa shape index (κ2) is 6.18. The number of carboxylic acid groups (broad SMARTS) is 1. The van der Waals surface area contributed by atoms with E-state index in [1.54, 1.807) is 24.0 Å². The number of aromatic carboxylic acids is 1. The van der Waals surface area contributed by atoms with Crippen LogP contribution in [0.1, 0.15) is 30.1 Å². The van der Waals surface area contributed by atoms with Crippen LogP contribution in [0.2, 0.25) is 0 Å². The first-order valence-corrected chi connectivity index (χ1v) is 7.67. The molecule has 0 saturated carbocycles. The fourth-order valence-electron chi connectivity index (χ4n) is 2.19. The minimum Gasteiger partial charge on any atom is -0.478 e. The number of benzene rings is 1. The summed E-state index contributed by atoms with van der Waals surface area (Å²) >= 11 is 2.02.